The molecule has 0 N–H and O–H groups in total. The van der Waals surface area contributed by atoms with Crippen LogP contribution in [0.2, 0.25) is 0 Å². The van der Waals surface area contributed by atoms with Crippen molar-refractivity contribution in [2.75, 3.05) is 0 Å². The molecule has 0 aromatic carbocycles. The van der Waals surface area contributed by atoms with Crippen LogP contribution < -0.4 is 0 Å². The van der Waals surface area contributed by atoms with Gasteiger partial charge in [-0.2, -0.15) is 0 Å². The van der Waals surface area contributed by atoms with E-state index in [9.17, 15) is 0 Å². The fourth-order valence-electron chi connectivity index (χ4n) is 0. The van der Waals surface area contributed by atoms with E-state index in [-0.39, 0.29) is 105 Å². The van der Waals surface area contributed by atoms with Gasteiger partial charge < -0.3 is 24.4 Å². The maximum absolute atomic E-state index is 0. The molecular weight excluding hydrogens is 365 g/mol. The van der Waals surface area contributed by atoms with Gasteiger partial charge in [0.15, 0.2) is 0 Å². The first-order chi connectivity index (χ1) is 0. The monoisotopic (exact) mass is 368 g/mol. The summed E-state index contributed by atoms with van der Waals surface area (Å²) in [5, 5.41) is 0. The van der Waals surface area contributed by atoms with E-state index < -0.39 is 0 Å². The van der Waals surface area contributed by atoms with E-state index in [0.717, 1.165) is 0 Å². The van der Waals surface area contributed by atoms with E-state index in [1.54, 1.807) is 0 Å². The Balaban J connectivity index is 0. The summed E-state index contributed by atoms with van der Waals surface area (Å²) >= 11 is 0. The summed E-state index contributed by atoms with van der Waals surface area (Å²) in [4.78, 5) is 0. The molecule has 0 aromatic heterocycles. The Morgan fingerprint density at radius 3 is 0.600 bits per heavy atom. The van der Waals surface area contributed by atoms with Gasteiger partial charge in [0.2, 0.25) is 0 Å². The third kappa shape index (κ3) is 19.6. The summed E-state index contributed by atoms with van der Waals surface area (Å²) in [6.07, 6.45) is 0. The van der Waals surface area contributed by atoms with Gasteiger partial charge in [-0.1, -0.05) is 0 Å². The van der Waals surface area contributed by atoms with Crippen molar-refractivity contribution in [2.45, 2.75) is 0 Å². The summed E-state index contributed by atoms with van der Waals surface area (Å²) < 4.78 is 0. The molecule has 0 aromatic rings. The molecule has 0 aliphatic rings. The van der Waals surface area contributed by atoms with E-state index >= 15 is 0 Å². The van der Waals surface area contributed by atoms with Gasteiger partial charge in [0.25, 0.3) is 0 Å². The van der Waals surface area contributed by atoms with Crippen molar-refractivity contribution in [3.05, 3.63) is 0 Å². The molecule has 0 rings (SSSR count). The van der Waals surface area contributed by atoms with Gasteiger partial charge >= 0.3 is 80.8 Å². The van der Waals surface area contributed by atoms with Crippen molar-refractivity contribution in [3.63, 3.8) is 0 Å². The first-order valence-electron chi connectivity index (χ1n) is 0. The maximum Gasteiger partial charge on any atom is 3.00 e. The normalized spacial score (nSPS) is 0. The maximum atomic E-state index is 0. The van der Waals surface area contributed by atoms with E-state index in [1.807, 2.05) is 0 Å². The molecule has 5 heavy (non-hydrogen) atoms. The fraction of sp³-hybridized carbons (Fsp3) is 0. The Morgan fingerprint density at radius 1 is 0.600 bits per heavy atom. The molecule has 0 amide bonds. The molecule has 2 nitrogen and oxygen atoms in total. The van der Waals surface area contributed by atoms with Crippen LogP contribution in [0.1, 0.15) is 0 Å². The van der Waals surface area contributed by atoms with Gasteiger partial charge in [-0.25, -0.2) is 0 Å². The third-order valence-electron chi connectivity index (χ3n) is 0. The van der Waals surface area contributed by atoms with Gasteiger partial charge in [-0.15, -0.1) is 0 Å². The molecule has 5 heteroatoms. The molecule has 0 heterocycles. The minimum atomic E-state index is 0. The summed E-state index contributed by atoms with van der Waals surface area (Å²) in [5.74, 6) is 0. The Kier molecular flexibility index (Phi) is 250. The van der Waals surface area contributed by atoms with Crippen molar-refractivity contribution < 1.29 is 91.7 Å². The first-order valence-corrected chi connectivity index (χ1v) is 0. The summed E-state index contributed by atoms with van der Waals surface area (Å²) in [6, 6.07) is 0. The minimum Gasteiger partial charge on any atom is -2.00 e. The van der Waals surface area contributed by atoms with Crippen LogP contribution in [0.15, 0.2) is 0 Å². The molecule has 0 aliphatic heterocycles. The van der Waals surface area contributed by atoms with Crippen LogP contribution in [0.4, 0.5) is 0 Å². The van der Waals surface area contributed by atoms with Crippen molar-refractivity contribution in [2.24, 2.45) is 0 Å². The zero-order chi connectivity index (χ0) is 0. The summed E-state index contributed by atoms with van der Waals surface area (Å²) in [7, 11) is 0. The number of rotatable bonds is 0. The van der Waals surface area contributed by atoms with Gasteiger partial charge in [-0.3, -0.25) is 0 Å². The van der Waals surface area contributed by atoms with Crippen LogP contribution in [-0.4, -0.2) is 0 Å². The van der Waals surface area contributed by atoms with E-state index in [0.29, 0.717) is 0 Å². The topological polar surface area (TPSA) is 57.0 Å². The molecule has 0 saturated carbocycles. The molecule has 2 radical (unpaired) electrons. The van der Waals surface area contributed by atoms with Crippen molar-refractivity contribution in [1.29, 1.82) is 0 Å². The minimum absolute atomic E-state index is 0. The van der Waals surface area contributed by atoms with Gasteiger partial charge in [0.05, 0.1) is 0 Å². The molecule has 0 fully saturated rings. The molecule has 0 aliphatic carbocycles. The second-order valence-electron chi connectivity index (χ2n) is 0. The van der Waals surface area contributed by atoms with Crippen LogP contribution in [0.3, 0.4) is 0 Å². The summed E-state index contributed by atoms with van der Waals surface area (Å²) in [5.41, 5.74) is 0. The first kappa shape index (κ1) is 44.2. The van der Waals surface area contributed by atoms with E-state index in [4.69, 9.17) is 0 Å². The zero-order valence-corrected chi connectivity index (χ0v) is 8.10. The van der Waals surface area contributed by atoms with Crippen LogP contribution in [-0.2, 0) is 24.4 Å². The Morgan fingerprint density at radius 2 is 0.600 bits per heavy atom. The predicted octanol–water partition coefficient (Wildman–Crippen LogP) is -0.240. The standard InChI is InChI=1S/2O.S.2Sm/q3*-2;2*+3. The second-order valence-corrected chi connectivity index (χ2v) is 0. The van der Waals surface area contributed by atoms with Gasteiger partial charge in [0.1, 0.15) is 0 Å². The van der Waals surface area contributed by atoms with Crippen LogP contribution in [0.5, 0.6) is 0 Å². The van der Waals surface area contributed by atoms with E-state index in [1.165, 1.54) is 0 Å². The SMILES string of the molecule is [O-2].[O-2].[S-2].[Sm+3].[Sm+3]. The average Bonchev–Trinajstić information content (AvgIpc) is 0. The third-order valence-corrected chi connectivity index (χ3v) is 0. The van der Waals surface area contributed by atoms with Crippen LogP contribution >= 0.6 is 0 Å². The summed E-state index contributed by atoms with van der Waals surface area (Å²) in [6.45, 7) is 0. The Bertz CT molecular complexity index is 7.61. The Labute approximate surface area is 103 Å². The van der Waals surface area contributed by atoms with Crippen molar-refractivity contribution in [3.8, 4) is 0 Å². The predicted molar refractivity (Wildman–Crippen MR) is 8.74 cm³/mol. The van der Waals surface area contributed by atoms with Crippen molar-refractivity contribution in [1.82, 2.24) is 0 Å². The molecular formula is O2SSm2. The molecule has 0 unspecified atom stereocenters. The van der Waals surface area contributed by atoms with Crippen molar-refractivity contribution >= 4 is 13.5 Å². The molecule has 0 atom stereocenters. The molecule has 0 bridgehead atoms. The second kappa shape index (κ2) is 28.3. The average molecular weight is 365 g/mol. The molecule has 0 saturated heterocycles. The van der Waals surface area contributed by atoms with E-state index in [2.05, 4.69) is 0 Å². The Hall–Kier alpha value is 2.95. The number of hydrogen-bond donors (Lipinski definition) is 0. The van der Waals surface area contributed by atoms with Gasteiger partial charge in [0, 0.05) is 0 Å². The fourth-order valence-corrected chi connectivity index (χ4v) is 0. The molecule has 30 valence electrons. The zero-order valence-electron chi connectivity index (χ0n) is 2.04. The van der Waals surface area contributed by atoms with Crippen LogP contribution in [0, 0.1) is 80.8 Å². The quantitative estimate of drug-likeness (QED) is 0.570. The van der Waals surface area contributed by atoms with Crippen LogP contribution in [0.25, 0.3) is 0 Å². The molecule has 0 spiro atoms. The largest absolute Gasteiger partial charge is 3.00 e. The smallest absolute Gasteiger partial charge is 2.00 e. The van der Waals surface area contributed by atoms with Gasteiger partial charge in [-0.05, 0) is 0 Å². The number of hydrogen-bond acceptors (Lipinski definition) is 0.